The van der Waals surface area contributed by atoms with E-state index in [0.717, 1.165) is 4.47 Å². The van der Waals surface area contributed by atoms with Gasteiger partial charge < -0.3 is 4.74 Å². The number of nitrogens with zero attached hydrogens (tertiary/aromatic N) is 1. The number of hydrogen-bond donors (Lipinski definition) is 0. The van der Waals surface area contributed by atoms with Crippen molar-refractivity contribution < 1.29 is 4.74 Å². The number of benzene rings is 1. The lowest BCUT2D eigenvalue weighted by molar-refractivity contribution is 0.479. The fraction of sp³-hybridized carbons (Fsp3) is 0. The van der Waals surface area contributed by atoms with E-state index in [9.17, 15) is 0 Å². The Morgan fingerprint density at radius 2 is 1.81 bits per heavy atom. The van der Waals surface area contributed by atoms with Crippen LogP contribution >= 0.6 is 39.1 Å². The van der Waals surface area contributed by atoms with Crippen LogP contribution in [0.15, 0.2) is 41.1 Å². The van der Waals surface area contributed by atoms with E-state index < -0.39 is 0 Å². The van der Waals surface area contributed by atoms with Crippen molar-refractivity contribution in [3.63, 3.8) is 0 Å². The summed E-state index contributed by atoms with van der Waals surface area (Å²) in [6, 6.07) is 6.79. The molecule has 0 saturated heterocycles. The van der Waals surface area contributed by atoms with Gasteiger partial charge in [-0.1, -0.05) is 23.2 Å². The second-order valence-corrected chi connectivity index (χ2v) is 4.74. The molecule has 16 heavy (non-hydrogen) atoms. The van der Waals surface area contributed by atoms with E-state index in [4.69, 9.17) is 27.9 Å². The lowest BCUT2D eigenvalue weighted by atomic mass is 10.3. The van der Waals surface area contributed by atoms with Crippen molar-refractivity contribution >= 4 is 39.1 Å². The van der Waals surface area contributed by atoms with Crippen LogP contribution in [0, 0.1) is 0 Å². The Balaban J connectivity index is 2.30. The summed E-state index contributed by atoms with van der Waals surface area (Å²) in [5.41, 5.74) is 0. The topological polar surface area (TPSA) is 22.1 Å². The SMILES string of the molecule is Clc1cc(Cl)cc(Oc2ccncc2Br)c1. The molecular weight excluding hydrogens is 313 g/mol. The van der Waals surface area contributed by atoms with Crippen molar-refractivity contribution in [3.8, 4) is 11.5 Å². The minimum absolute atomic E-state index is 0.535. The van der Waals surface area contributed by atoms with E-state index in [2.05, 4.69) is 20.9 Å². The molecule has 0 aliphatic heterocycles. The monoisotopic (exact) mass is 317 g/mol. The zero-order valence-electron chi connectivity index (χ0n) is 7.95. The molecule has 1 aromatic heterocycles. The predicted molar refractivity (Wildman–Crippen MR) is 68.5 cm³/mol. The molecular formula is C11H6BrCl2NO. The molecule has 2 nitrogen and oxygen atoms in total. The molecule has 0 N–H and O–H groups in total. The number of aromatic nitrogens is 1. The predicted octanol–water partition coefficient (Wildman–Crippen LogP) is 4.94. The number of pyridine rings is 1. The van der Waals surface area contributed by atoms with Gasteiger partial charge >= 0.3 is 0 Å². The third-order valence-corrected chi connectivity index (χ3v) is 2.83. The molecule has 0 amide bonds. The van der Waals surface area contributed by atoms with Crippen LogP contribution in [0.2, 0.25) is 10.0 Å². The first-order valence-electron chi connectivity index (χ1n) is 4.38. The smallest absolute Gasteiger partial charge is 0.144 e. The molecule has 0 fully saturated rings. The van der Waals surface area contributed by atoms with Gasteiger partial charge in [-0.05, 0) is 34.1 Å². The van der Waals surface area contributed by atoms with Crippen LogP contribution in [-0.2, 0) is 0 Å². The van der Waals surface area contributed by atoms with E-state index in [1.165, 1.54) is 0 Å². The highest BCUT2D eigenvalue weighted by molar-refractivity contribution is 9.10. The number of halogens is 3. The lowest BCUT2D eigenvalue weighted by Crippen LogP contribution is -1.86. The quantitative estimate of drug-likeness (QED) is 0.782. The molecule has 0 unspecified atom stereocenters. The van der Waals surface area contributed by atoms with E-state index in [1.807, 2.05) is 0 Å². The highest BCUT2D eigenvalue weighted by Gasteiger charge is 2.04. The van der Waals surface area contributed by atoms with Crippen LogP contribution in [-0.4, -0.2) is 4.98 Å². The van der Waals surface area contributed by atoms with Crippen molar-refractivity contribution in [2.24, 2.45) is 0 Å². The molecule has 1 heterocycles. The first-order chi connectivity index (χ1) is 7.65. The molecule has 0 aliphatic rings. The van der Waals surface area contributed by atoms with Crippen molar-refractivity contribution in [1.82, 2.24) is 4.98 Å². The molecule has 0 spiro atoms. The Labute approximate surface area is 111 Å². The summed E-state index contributed by atoms with van der Waals surface area (Å²) in [6.45, 7) is 0. The van der Waals surface area contributed by atoms with Gasteiger partial charge in [-0.25, -0.2) is 0 Å². The fourth-order valence-electron chi connectivity index (χ4n) is 1.16. The van der Waals surface area contributed by atoms with Crippen molar-refractivity contribution in [2.45, 2.75) is 0 Å². The van der Waals surface area contributed by atoms with Crippen molar-refractivity contribution in [1.29, 1.82) is 0 Å². The van der Waals surface area contributed by atoms with Crippen LogP contribution in [0.5, 0.6) is 11.5 Å². The maximum atomic E-state index is 5.87. The van der Waals surface area contributed by atoms with Crippen molar-refractivity contribution in [2.75, 3.05) is 0 Å². The van der Waals surface area contributed by atoms with Gasteiger partial charge in [0, 0.05) is 28.5 Å². The average molecular weight is 319 g/mol. The second-order valence-electron chi connectivity index (χ2n) is 3.01. The third kappa shape index (κ3) is 2.88. The second kappa shape index (κ2) is 5.04. The van der Waals surface area contributed by atoms with Gasteiger partial charge in [-0.15, -0.1) is 0 Å². The molecule has 82 valence electrons. The van der Waals surface area contributed by atoms with E-state index >= 15 is 0 Å². The molecule has 2 aromatic rings. The first-order valence-corrected chi connectivity index (χ1v) is 5.93. The number of hydrogen-bond acceptors (Lipinski definition) is 2. The van der Waals surface area contributed by atoms with Gasteiger partial charge in [0.15, 0.2) is 0 Å². The first kappa shape index (κ1) is 11.7. The summed E-state index contributed by atoms with van der Waals surface area (Å²) in [5, 5.41) is 1.07. The Hall–Kier alpha value is -0.770. The lowest BCUT2D eigenvalue weighted by Gasteiger charge is -2.07. The summed E-state index contributed by atoms with van der Waals surface area (Å²) in [4.78, 5) is 3.94. The molecule has 2 rings (SSSR count). The summed E-state index contributed by atoms with van der Waals surface area (Å²) in [7, 11) is 0. The number of ether oxygens (including phenoxy) is 1. The summed E-state index contributed by atoms with van der Waals surface area (Å²) in [6.07, 6.45) is 3.30. The van der Waals surface area contributed by atoms with Gasteiger partial charge in [0.25, 0.3) is 0 Å². The maximum Gasteiger partial charge on any atom is 0.144 e. The van der Waals surface area contributed by atoms with Crippen LogP contribution in [0.25, 0.3) is 0 Å². The Morgan fingerprint density at radius 1 is 1.12 bits per heavy atom. The summed E-state index contributed by atoms with van der Waals surface area (Å²) in [5.74, 6) is 1.25. The van der Waals surface area contributed by atoms with E-state index in [0.29, 0.717) is 21.5 Å². The highest BCUT2D eigenvalue weighted by atomic mass is 79.9. The minimum atomic E-state index is 0.535. The van der Waals surface area contributed by atoms with Gasteiger partial charge in [0.2, 0.25) is 0 Å². The largest absolute Gasteiger partial charge is 0.456 e. The summed E-state index contributed by atoms with van der Waals surface area (Å²) >= 11 is 15.1. The normalized spacial score (nSPS) is 10.2. The molecule has 0 atom stereocenters. The van der Waals surface area contributed by atoms with Gasteiger partial charge in [0.1, 0.15) is 11.5 Å². The zero-order valence-corrected chi connectivity index (χ0v) is 11.1. The van der Waals surface area contributed by atoms with E-state index in [1.54, 1.807) is 36.7 Å². The van der Waals surface area contributed by atoms with Crippen LogP contribution in [0.4, 0.5) is 0 Å². The van der Waals surface area contributed by atoms with Crippen molar-refractivity contribution in [3.05, 3.63) is 51.2 Å². The third-order valence-electron chi connectivity index (χ3n) is 1.80. The Bertz CT molecular complexity index is 499. The molecule has 0 bridgehead atoms. The van der Waals surface area contributed by atoms with Crippen LogP contribution in [0.1, 0.15) is 0 Å². The standard InChI is InChI=1S/C11H6BrCl2NO/c12-10-6-15-2-1-11(10)16-9-4-7(13)3-8(14)5-9/h1-6H. The van der Waals surface area contributed by atoms with Gasteiger partial charge in [-0.3, -0.25) is 4.98 Å². The summed E-state index contributed by atoms with van der Waals surface area (Å²) < 4.78 is 6.38. The molecule has 5 heteroatoms. The molecule has 0 aliphatic carbocycles. The zero-order chi connectivity index (χ0) is 11.5. The molecule has 1 aromatic carbocycles. The maximum absolute atomic E-state index is 5.87. The average Bonchev–Trinajstić information content (AvgIpc) is 2.20. The Morgan fingerprint density at radius 3 is 2.44 bits per heavy atom. The highest BCUT2D eigenvalue weighted by Crippen LogP contribution is 2.31. The van der Waals surface area contributed by atoms with Gasteiger partial charge in [0.05, 0.1) is 4.47 Å². The van der Waals surface area contributed by atoms with Crippen LogP contribution < -0.4 is 4.74 Å². The Kier molecular flexibility index (Phi) is 3.69. The molecule has 0 radical (unpaired) electrons. The van der Waals surface area contributed by atoms with Crippen LogP contribution in [0.3, 0.4) is 0 Å². The van der Waals surface area contributed by atoms with Gasteiger partial charge in [-0.2, -0.15) is 0 Å². The molecule has 0 saturated carbocycles. The fourth-order valence-corrected chi connectivity index (χ4v) is 2.00. The van der Waals surface area contributed by atoms with E-state index in [-0.39, 0.29) is 0 Å². The minimum Gasteiger partial charge on any atom is -0.456 e. The number of rotatable bonds is 2.